The molecule has 0 aliphatic rings. The first kappa shape index (κ1) is 14.9. The van der Waals surface area contributed by atoms with Crippen molar-refractivity contribution in [2.45, 2.75) is 45.9 Å². The molecule has 0 aromatic heterocycles. The third kappa shape index (κ3) is 4.94. The molecule has 1 atom stereocenters. The molecule has 0 heterocycles. The van der Waals surface area contributed by atoms with Crippen LogP contribution in [0.1, 0.15) is 33.3 Å². The number of aliphatic hydroxyl groups is 1. The van der Waals surface area contributed by atoms with E-state index in [4.69, 9.17) is 0 Å². The summed E-state index contributed by atoms with van der Waals surface area (Å²) in [5.41, 5.74) is 0.553. The van der Waals surface area contributed by atoms with Gasteiger partial charge in [-0.15, -0.1) is 0 Å². The van der Waals surface area contributed by atoms with E-state index in [-0.39, 0.29) is 6.04 Å². The monoisotopic (exact) mass is 347 g/mol. The van der Waals surface area contributed by atoms with Gasteiger partial charge in [0.15, 0.2) is 0 Å². The Balaban J connectivity index is 2.61. The summed E-state index contributed by atoms with van der Waals surface area (Å²) >= 11 is 2.30. The van der Waals surface area contributed by atoms with Gasteiger partial charge in [0.2, 0.25) is 0 Å². The van der Waals surface area contributed by atoms with Crippen molar-refractivity contribution < 1.29 is 5.11 Å². The Labute approximate surface area is 118 Å². The van der Waals surface area contributed by atoms with Crippen molar-refractivity contribution in [3.8, 4) is 0 Å². The van der Waals surface area contributed by atoms with Gasteiger partial charge in [-0.25, -0.2) is 0 Å². The number of halogens is 1. The molecule has 2 N–H and O–H groups in total. The average molecular weight is 347 g/mol. The highest BCUT2D eigenvalue weighted by molar-refractivity contribution is 14.1. The first-order valence-corrected chi connectivity index (χ1v) is 7.09. The van der Waals surface area contributed by atoms with E-state index in [9.17, 15) is 5.11 Å². The van der Waals surface area contributed by atoms with Gasteiger partial charge < -0.3 is 10.4 Å². The first-order valence-electron chi connectivity index (χ1n) is 6.01. The lowest BCUT2D eigenvalue weighted by molar-refractivity contribution is 0.0195. The van der Waals surface area contributed by atoms with Gasteiger partial charge >= 0.3 is 0 Å². The van der Waals surface area contributed by atoms with Crippen molar-refractivity contribution in [1.29, 1.82) is 0 Å². The molecule has 0 amide bonds. The van der Waals surface area contributed by atoms with Crippen LogP contribution in [0.4, 0.5) is 0 Å². The molecular weight excluding hydrogens is 325 g/mol. The zero-order chi connectivity index (χ0) is 13.1. The fourth-order valence-electron chi connectivity index (χ4n) is 2.13. The van der Waals surface area contributed by atoms with Gasteiger partial charge in [-0.3, -0.25) is 0 Å². The lowest BCUT2D eigenvalue weighted by Crippen LogP contribution is -2.49. The lowest BCUT2D eigenvalue weighted by Gasteiger charge is -2.33. The summed E-state index contributed by atoms with van der Waals surface area (Å²) in [5, 5.41) is 13.5. The Hall–Kier alpha value is -0.130. The smallest absolute Gasteiger partial charge is 0.0746 e. The normalized spacial score (nSPS) is 14.1. The van der Waals surface area contributed by atoms with Crippen molar-refractivity contribution >= 4 is 22.6 Å². The predicted octanol–water partition coefficient (Wildman–Crippen LogP) is 3.18. The molecule has 0 bridgehead atoms. The molecule has 1 aromatic carbocycles. The van der Waals surface area contributed by atoms with Crippen LogP contribution in [-0.2, 0) is 6.54 Å². The third-order valence-corrected chi connectivity index (χ3v) is 3.59. The van der Waals surface area contributed by atoms with E-state index in [1.54, 1.807) is 0 Å². The standard InChI is InChI=1S/C14H22INO/c1-10(2)13(14(3,4)17)16-9-11-5-7-12(15)8-6-11/h5-8,10,13,16-17H,9H2,1-4H3/t13-/m0/s1. The van der Waals surface area contributed by atoms with Gasteiger partial charge in [-0.05, 0) is 60.1 Å². The van der Waals surface area contributed by atoms with Crippen LogP contribution in [-0.4, -0.2) is 16.7 Å². The van der Waals surface area contributed by atoms with Gasteiger partial charge in [0, 0.05) is 16.2 Å². The van der Waals surface area contributed by atoms with E-state index in [0.717, 1.165) is 6.54 Å². The van der Waals surface area contributed by atoms with Crippen molar-refractivity contribution in [2.24, 2.45) is 5.92 Å². The minimum atomic E-state index is -0.697. The molecule has 0 fully saturated rings. The quantitative estimate of drug-likeness (QED) is 0.802. The lowest BCUT2D eigenvalue weighted by atomic mass is 9.89. The number of nitrogens with one attached hydrogen (secondary N) is 1. The van der Waals surface area contributed by atoms with Gasteiger partial charge in [-0.1, -0.05) is 26.0 Å². The van der Waals surface area contributed by atoms with E-state index in [0.29, 0.717) is 5.92 Å². The summed E-state index contributed by atoms with van der Waals surface area (Å²) in [6.45, 7) is 8.77. The molecule has 3 heteroatoms. The van der Waals surface area contributed by atoms with Crippen molar-refractivity contribution in [3.05, 3.63) is 33.4 Å². The topological polar surface area (TPSA) is 32.3 Å². The van der Waals surface area contributed by atoms with Gasteiger partial charge in [0.05, 0.1) is 5.60 Å². The van der Waals surface area contributed by atoms with E-state index >= 15 is 0 Å². The molecule has 0 unspecified atom stereocenters. The Bertz CT molecular complexity index is 340. The van der Waals surface area contributed by atoms with Crippen molar-refractivity contribution in [2.75, 3.05) is 0 Å². The molecule has 96 valence electrons. The van der Waals surface area contributed by atoms with E-state index < -0.39 is 5.60 Å². The summed E-state index contributed by atoms with van der Waals surface area (Å²) in [5.74, 6) is 0.402. The molecule has 17 heavy (non-hydrogen) atoms. The van der Waals surface area contributed by atoms with E-state index in [1.807, 2.05) is 13.8 Å². The highest BCUT2D eigenvalue weighted by atomic mass is 127. The van der Waals surface area contributed by atoms with Crippen LogP contribution >= 0.6 is 22.6 Å². The summed E-state index contributed by atoms with van der Waals surface area (Å²) < 4.78 is 1.24. The van der Waals surface area contributed by atoms with Crippen LogP contribution in [0.25, 0.3) is 0 Å². The van der Waals surface area contributed by atoms with Crippen LogP contribution in [0.15, 0.2) is 24.3 Å². The minimum absolute atomic E-state index is 0.0989. The highest BCUT2D eigenvalue weighted by Gasteiger charge is 2.28. The van der Waals surface area contributed by atoms with Crippen LogP contribution in [0.5, 0.6) is 0 Å². The Morgan fingerprint density at radius 3 is 2.18 bits per heavy atom. The van der Waals surface area contributed by atoms with Crippen LogP contribution in [0.2, 0.25) is 0 Å². The van der Waals surface area contributed by atoms with E-state index in [1.165, 1.54) is 9.13 Å². The fourth-order valence-corrected chi connectivity index (χ4v) is 2.49. The molecule has 0 saturated carbocycles. The molecule has 1 rings (SSSR count). The maximum atomic E-state index is 10.1. The van der Waals surface area contributed by atoms with Crippen molar-refractivity contribution in [3.63, 3.8) is 0 Å². The number of hydrogen-bond acceptors (Lipinski definition) is 2. The molecule has 0 spiro atoms. The Kier molecular flexibility index (Phi) is 5.41. The summed E-state index contributed by atoms with van der Waals surface area (Å²) in [4.78, 5) is 0. The van der Waals surface area contributed by atoms with Crippen LogP contribution < -0.4 is 5.32 Å². The number of rotatable bonds is 5. The first-order chi connectivity index (χ1) is 7.80. The molecule has 1 aromatic rings. The zero-order valence-corrected chi connectivity index (χ0v) is 13.2. The second-order valence-corrected chi connectivity index (χ2v) is 6.63. The molecule has 0 saturated heterocycles. The Morgan fingerprint density at radius 1 is 1.24 bits per heavy atom. The van der Waals surface area contributed by atoms with Crippen LogP contribution in [0.3, 0.4) is 0 Å². The minimum Gasteiger partial charge on any atom is -0.389 e. The second-order valence-electron chi connectivity index (χ2n) is 5.38. The largest absolute Gasteiger partial charge is 0.389 e. The van der Waals surface area contributed by atoms with Crippen LogP contribution in [0, 0.1) is 9.49 Å². The van der Waals surface area contributed by atoms with Gasteiger partial charge in [0.1, 0.15) is 0 Å². The molecule has 0 aliphatic carbocycles. The molecule has 0 radical (unpaired) electrons. The molecule has 0 aliphatic heterocycles. The fraction of sp³-hybridized carbons (Fsp3) is 0.571. The molecule has 2 nitrogen and oxygen atoms in total. The third-order valence-electron chi connectivity index (χ3n) is 2.87. The SMILES string of the molecule is CC(C)[C@H](NCc1ccc(I)cc1)C(C)(C)O. The number of hydrogen-bond donors (Lipinski definition) is 2. The number of benzene rings is 1. The molecular formula is C14H22INO. The average Bonchev–Trinajstić information content (AvgIpc) is 2.18. The second kappa shape index (κ2) is 6.16. The summed E-state index contributed by atoms with van der Waals surface area (Å²) in [6.07, 6.45) is 0. The Morgan fingerprint density at radius 2 is 1.76 bits per heavy atom. The zero-order valence-electron chi connectivity index (χ0n) is 11.0. The predicted molar refractivity (Wildman–Crippen MR) is 80.9 cm³/mol. The van der Waals surface area contributed by atoms with E-state index in [2.05, 4.69) is 66.0 Å². The van der Waals surface area contributed by atoms with Crippen molar-refractivity contribution in [1.82, 2.24) is 5.32 Å². The van der Waals surface area contributed by atoms with Gasteiger partial charge in [-0.2, -0.15) is 0 Å². The van der Waals surface area contributed by atoms with Gasteiger partial charge in [0.25, 0.3) is 0 Å². The summed E-state index contributed by atoms with van der Waals surface area (Å²) in [7, 11) is 0. The maximum Gasteiger partial charge on any atom is 0.0746 e. The maximum absolute atomic E-state index is 10.1. The summed E-state index contributed by atoms with van der Waals surface area (Å²) in [6, 6.07) is 8.55. The highest BCUT2D eigenvalue weighted by Crippen LogP contribution is 2.17.